The van der Waals surface area contributed by atoms with Crippen LogP contribution in [0.25, 0.3) is 0 Å². The first-order valence-electron chi connectivity index (χ1n) is 6.06. The third kappa shape index (κ3) is 2.43. The van der Waals surface area contributed by atoms with Crippen molar-refractivity contribution in [3.05, 3.63) is 0 Å². The third-order valence-electron chi connectivity index (χ3n) is 3.71. The fraction of sp³-hybridized carbons (Fsp3) is 0.909. The lowest BCUT2D eigenvalue weighted by Crippen LogP contribution is -2.52. The molecule has 0 saturated carbocycles. The maximum atomic E-state index is 11.3. The molecule has 1 unspecified atom stereocenters. The standard InChI is InChI=1S/C11H21N3O/c12-11(15)14-7-2-1-5-10(14)9-4-3-6-13-8-9/h9-10,13H,1-8H2,(H2,12,15)/t9-,10?/m1/s1. The van der Waals surface area contributed by atoms with Gasteiger partial charge in [-0.05, 0) is 51.1 Å². The van der Waals surface area contributed by atoms with Gasteiger partial charge in [0, 0.05) is 12.6 Å². The van der Waals surface area contributed by atoms with Crippen molar-refractivity contribution in [3.63, 3.8) is 0 Å². The van der Waals surface area contributed by atoms with E-state index in [2.05, 4.69) is 5.32 Å². The molecule has 2 fully saturated rings. The fourth-order valence-corrected chi connectivity index (χ4v) is 2.93. The maximum Gasteiger partial charge on any atom is 0.315 e. The highest BCUT2D eigenvalue weighted by molar-refractivity contribution is 5.72. The van der Waals surface area contributed by atoms with Crippen LogP contribution in [0, 0.1) is 5.92 Å². The number of hydrogen-bond acceptors (Lipinski definition) is 2. The van der Waals surface area contributed by atoms with Crippen LogP contribution >= 0.6 is 0 Å². The largest absolute Gasteiger partial charge is 0.351 e. The Balaban J connectivity index is 1.99. The zero-order valence-electron chi connectivity index (χ0n) is 9.24. The quantitative estimate of drug-likeness (QED) is 0.677. The van der Waals surface area contributed by atoms with Gasteiger partial charge < -0.3 is 16.0 Å². The zero-order valence-corrected chi connectivity index (χ0v) is 9.24. The summed E-state index contributed by atoms with van der Waals surface area (Å²) in [7, 11) is 0. The highest BCUT2D eigenvalue weighted by Gasteiger charge is 2.32. The highest BCUT2D eigenvalue weighted by atomic mass is 16.2. The molecule has 86 valence electrons. The number of nitrogens with two attached hydrogens (primary N) is 1. The summed E-state index contributed by atoms with van der Waals surface area (Å²) in [4.78, 5) is 13.2. The van der Waals surface area contributed by atoms with Crippen molar-refractivity contribution >= 4 is 6.03 Å². The molecular weight excluding hydrogens is 190 g/mol. The summed E-state index contributed by atoms with van der Waals surface area (Å²) in [5, 5.41) is 3.41. The Morgan fingerprint density at radius 1 is 1.27 bits per heavy atom. The second kappa shape index (κ2) is 4.84. The van der Waals surface area contributed by atoms with Crippen LogP contribution < -0.4 is 11.1 Å². The first-order chi connectivity index (χ1) is 7.29. The Bertz CT molecular complexity index is 226. The first-order valence-corrected chi connectivity index (χ1v) is 6.06. The molecule has 0 radical (unpaired) electrons. The minimum atomic E-state index is -0.231. The lowest BCUT2D eigenvalue weighted by Gasteiger charge is -2.41. The van der Waals surface area contributed by atoms with Gasteiger partial charge in [0.15, 0.2) is 0 Å². The van der Waals surface area contributed by atoms with Crippen LogP contribution in [0.2, 0.25) is 0 Å². The summed E-state index contributed by atoms with van der Waals surface area (Å²) < 4.78 is 0. The number of hydrogen-bond donors (Lipinski definition) is 2. The third-order valence-corrected chi connectivity index (χ3v) is 3.71. The predicted molar refractivity (Wildman–Crippen MR) is 59.5 cm³/mol. The van der Waals surface area contributed by atoms with Gasteiger partial charge in [-0.1, -0.05) is 0 Å². The Morgan fingerprint density at radius 2 is 2.13 bits per heavy atom. The Kier molecular flexibility index (Phi) is 3.46. The topological polar surface area (TPSA) is 58.4 Å². The molecule has 2 saturated heterocycles. The molecule has 15 heavy (non-hydrogen) atoms. The molecule has 2 rings (SSSR count). The van der Waals surface area contributed by atoms with Crippen molar-refractivity contribution in [1.29, 1.82) is 0 Å². The zero-order chi connectivity index (χ0) is 10.7. The first kappa shape index (κ1) is 10.7. The summed E-state index contributed by atoms with van der Waals surface area (Å²) in [5.41, 5.74) is 5.43. The van der Waals surface area contributed by atoms with E-state index in [1.165, 1.54) is 19.3 Å². The van der Waals surface area contributed by atoms with E-state index >= 15 is 0 Å². The van der Waals surface area contributed by atoms with Crippen molar-refractivity contribution in [2.75, 3.05) is 19.6 Å². The molecule has 0 spiro atoms. The molecule has 0 aromatic heterocycles. The van der Waals surface area contributed by atoms with Gasteiger partial charge in [0.05, 0.1) is 0 Å². The molecule has 0 bridgehead atoms. The Labute approximate surface area is 91.2 Å². The van der Waals surface area contributed by atoms with E-state index in [0.717, 1.165) is 32.5 Å². The second-order valence-electron chi connectivity index (χ2n) is 4.70. The number of primary amides is 1. The number of rotatable bonds is 1. The molecule has 2 amide bonds. The smallest absolute Gasteiger partial charge is 0.315 e. The minimum Gasteiger partial charge on any atom is -0.351 e. The number of carbonyl (C=O) groups excluding carboxylic acids is 1. The molecule has 0 aromatic carbocycles. The van der Waals surface area contributed by atoms with Crippen molar-refractivity contribution in [3.8, 4) is 0 Å². The van der Waals surface area contributed by atoms with Crippen LogP contribution in [0.5, 0.6) is 0 Å². The molecule has 2 heterocycles. The van der Waals surface area contributed by atoms with E-state index in [1.807, 2.05) is 4.90 Å². The summed E-state index contributed by atoms with van der Waals surface area (Å²) in [6.07, 6.45) is 5.95. The molecule has 4 nitrogen and oxygen atoms in total. The maximum absolute atomic E-state index is 11.3. The van der Waals surface area contributed by atoms with E-state index in [0.29, 0.717) is 12.0 Å². The van der Waals surface area contributed by atoms with Crippen molar-refractivity contribution in [1.82, 2.24) is 10.2 Å². The number of likely N-dealkylation sites (tertiary alicyclic amines) is 1. The average Bonchev–Trinajstić information content (AvgIpc) is 2.30. The number of nitrogens with one attached hydrogen (secondary N) is 1. The van der Waals surface area contributed by atoms with Crippen molar-refractivity contribution in [2.45, 2.75) is 38.1 Å². The van der Waals surface area contributed by atoms with E-state index in [1.54, 1.807) is 0 Å². The van der Waals surface area contributed by atoms with E-state index in [-0.39, 0.29) is 6.03 Å². The Hall–Kier alpha value is -0.770. The molecule has 4 heteroatoms. The molecule has 0 aromatic rings. The number of urea groups is 1. The predicted octanol–water partition coefficient (Wildman–Crippen LogP) is 0.919. The van der Waals surface area contributed by atoms with Crippen molar-refractivity contribution < 1.29 is 4.79 Å². The number of piperidine rings is 2. The van der Waals surface area contributed by atoms with Crippen LogP contribution in [0.1, 0.15) is 32.1 Å². The summed E-state index contributed by atoms with van der Waals surface area (Å²) >= 11 is 0. The van der Waals surface area contributed by atoms with Crippen molar-refractivity contribution in [2.24, 2.45) is 11.7 Å². The monoisotopic (exact) mass is 211 g/mol. The normalized spacial score (nSPS) is 32.7. The molecule has 3 N–H and O–H groups in total. The number of carbonyl (C=O) groups is 1. The number of amides is 2. The van der Waals surface area contributed by atoms with E-state index in [4.69, 9.17) is 5.73 Å². The van der Waals surface area contributed by atoms with Gasteiger partial charge in [0.1, 0.15) is 0 Å². The molecule has 2 aliphatic rings. The number of nitrogens with zero attached hydrogens (tertiary/aromatic N) is 1. The van der Waals surface area contributed by atoms with Crippen LogP contribution in [-0.2, 0) is 0 Å². The van der Waals surface area contributed by atoms with Gasteiger partial charge in [-0.2, -0.15) is 0 Å². The minimum absolute atomic E-state index is 0.231. The highest BCUT2D eigenvalue weighted by Crippen LogP contribution is 2.27. The second-order valence-corrected chi connectivity index (χ2v) is 4.70. The van der Waals surface area contributed by atoms with Crippen LogP contribution in [0.15, 0.2) is 0 Å². The fourth-order valence-electron chi connectivity index (χ4n) is 2.93. The van der Waals surface area contributed by atoms with Crippen LogP contribution in [0.3, 0.4) is 0 Å². The SMILES string of the molecule is NC(=O)N1CCCCC1[C@@H]1CCCNC1. The summed E-state index contributed by atoms with van der Waals surface area (Å²) in [6.45, 7) is 3.03. The van der Waals surface area contributed by atoms with Gasteiger partial charge in [0.25, 0.3) is 0 Å². The molecule has 2 aliphatic heterocycles. The van der Waals surface area contributed by atoms with Gasteiger partial charge in [-0.3, -0.25) is 0 Å². The van der Waals surface area contributed by atoms with Crippen LogP contribution in [0.4, 0.5) is 4.79 Å². The van der Waals surface area contributed by atoms with Gasteiger partial charge in [-0.25, -0.2) is 4.79 Å². The lowest BCUT2D eigenvalue weighted by molar-refractivity contribution is 0.112. The average molecular weight is 211 g/mol. The van der Waals surface area contributed by atoms with Gasteiger partial charge in [-0.15, -0.1) is 0 Å². The summed E-state index contributed by atoms with van der Waals surface area (Å²) in [6, 6.07) is 0.161. The van der Waals surface area contributed by atoms with E-state index in [9.17, 15) is 4.79 Å². The molecule has 2 atom stereocenters. The van der Waals surface area contributed by atoms with Gasteiger partial charge in [0.2, 0.25) is 0 Å². The van der Waals surface area contributed by atoms with Gasteiger partial charge >= 0.3 is 6.03 Å². The summed E-state index contributed by atoms with van der Waals surface area (Å²) in [5.74, 6) is 0.617. The Morgan fingerprint density at radius 3 is 2.80 bits per heavy atom. The molecular formula is C11H21N3O. The molecule has 0 aliphatic carbocycles. The van der Waals surface area contributed by atoms with E-state index < -0.39 is 0 Å². The van der Waals surface area contributed by atoms with Crippen LogP contribution in [-0.4, -0.2) is 36.6 Å². The lowest BCUT2D eigenvalue weighted by atomic mass is 9.85.